The minimum absolute atomic E-state index is 0.235. The number of phenolic OH excluding ortho intramolecular Hbond substituents is 1. The molecule has 1 aliphatic rings. The third kappa shape index (κ3) is 4.62. The second-order valence-corrected chi connectivity index (χ2v) is 16.0. The van der Waals surface area contributed by atoms with Crippen LogP contribution in [0.3, 0.4) is 0 Å². The number of phenols is 1. The summed E-state index contributed by atoms with van der Waals surface area (Å²) in [5, 5.41) is 15.5. The second-order valence-electron chi connectivity index (χ2n) is 16.0. The van der Waals surface area contributed by atoms with Crippen LogP contribution < -0.4 is 0 Å². The van der Waals surface area contributed by atoms with Crippen molar-refractivity contribution >= 4 is 43.9 Å². The number of para-hydroxylation sites is 1. The van der Waals surface area contributed by atoms with Crippen molar-refractivity contribution in [2.45, 2.75) is 38.5 Å². The number of fused-ring (bicyclic) bond motifs is 9. The van der Waals surface area contributed by atoms with E-state index >= 15 is 0 Å². The molecule has 11 rings (SSSR count). The first kappa shape index (κ1) is 32.5. The molecule has 270 valence electrons. The number of pyridine rings is 1. The van der Waals surface area contributed by atoms with Crippen LogP contribution in [0, 0.1) is 0 Å². The van der Waals surface area contributed by atoms with Crippen LogP contribution >= 0.6 is 0 Å². The van der Waals surface area contributed by atoms with Crippen LogP contribution in [0.5, 0.6) is 5.75 Å². The lowest BCUT2D eigenvalue weighted by Gasteiger charge is -2.47. The SMILES string of the molecule is CC1(C)c2ccc(-c3cn(-c4ccc5c(c4)oc4ccccc45)c(-c4ccc5oc6ccc(-c7ccccc7)cc6c5c4)n3)nc2-c2c(O)cccc2C1(C)C. The molecule has 6 aromatic carbocycles. The van der Waals surface area contributed by atoms with Gasteiger partial charge >= 0.3 is 0 Å². The van der Waals surface area contributed by atoms with Crippen LogP contribution in [0.1, 0.15) is 38.8 Å². The Morgan fingerprint density at radius 1 is 0.500 bits per heavy atom. The molecule has 0 unspecified atom stereocenters. The zero-order chi connectivity index (χ0) is 37.9. The maximum Gasteiger partial charge on any atom is 0.145 e. The van der Waals surface area contributed by atoms with Crippen LogP contribution in [-0.2, 0) is 10.8 Å². The van der Waals surface area contributed by atoms with Crippen LogP contribution in [-0.4, -0.2) is 19.6 Å². The van der Waals surface area contributed by atoms with Gasteiger partial charge in [-0.25, -0.2) is 9.97 Å². The highest BCUT2D eigenvalue weighted by molar-refractivity contribution is 6.08. The molecule has 6 heteroatoms. The Labute approximate surface area is 323 Å². The molecule has 4 aromatic heterocycles. The summed E-state index contributed by atoms with van der Waals surface area (Å²) in [6, 6.07) is 47.6. The molecule has 0 spiro atoms. The summed E-state index contributed by atoms with van der Waals surface area (Å²) in [6.45, 7) is 9.02. The zero-order valence-corrected chi connectivity index (χ0v) is 31.5. The summed E-state index contributed by atoms with van der Waals surface area (Å²) < 4.78 is 14.8. The zero-order valence-electron chi connectivity index (χ0n) is 31.5. The minimum atomic E-state index is -0.246. The number of benzene rings is 6. The fourth-order valence-corrected chi connectivity index (χ4v) is 8.78. The van der Waals surface area contributed by atoms with Crippen molar-refractivity contribution in [3.8, 4) is 56.6 Å². The topological polar surface area (TPSA) is 77.2 Å². The highest BCUT2D eigenvalue weighted by Crippen LogP contribution is 2.55. The molecule has 56 heavy (non-hydrogen) atoms. The molecule has 0 bridgehead atoms. The normalized spacial score (nSPS) is 14.4. The number of furan rings is 2. The molecule has 1 aliphatic carbocycles. The molecular weight excluding hydrogens is 691 g/mol. The molecule has 0 aliphatic heterocycles. The van der Waals surface area contributed by atoms with E-state index in [2.05, 4.69) is 136 Å². The highest BCUT2D eigenvalue weighted by Gasteiger charge is 2.47. The average Bonchev–Trinajstić information content (AvgIpc) is 3.93. The van der Waals surface area contributed by atoms with Gasteiger partial charge in [-0.05, 0) is 88.3 Å². The molecule has 0 atom stereocenters. The largest absolute Gasteiger partial charge is 0.507 e. The molecule has 4 heterocycles. The molecule has 1 N–H and O–H groups in total. The summed E-state index contributed by atoms with van der Waals surface area (Å²) in [4.78, 5) is 10.7. The van der Waals surface area contributed by atoms with Gasteiger partial charge in [0.05, 0.1) is 17.1 Å². The summed E-state index contributed by atoms with van der Waals surface area (Å²) in [5.74, 6) is 0.994. The fraction of sp³-hybridized carbons (Fsp3) is 0.120. The number of rotatable bonds is 4. The molecular formula is C50H37N3O3. The number of hydrogen-bond donors (Lipinski definition) is 1. The molecule has 6 nitrogen and oxygen atoms in total. The van der Waals surface area contributed by atoms with Crippen molar-refractivity contribution in [3.63, 3.8) is 0 Å². The lowest BCUT2D eigenvalue weighted by molar-refractivity contribution is 0.296. The first-order valence-electron chi connectivity index (χ1n) is 19.0. The molecule has 0 fully saturated rings. The van der Waals surface area contributed by atoms with Crippen molar-refractivity contribution in [1.82, 2.24) is 14.5 Å². The van der Waals surface area contributed by atoms with E-state index in [9.17, 15) is 5.11 Å². The van der Waals surface area contributed by atoms with E-state index in [0.717, 1.165) is 106 Å². The first-order chi connectivity index (χ1) is 27.2. The van der Waals surface area contributed by atoms with E-state index in [1.165, 1.54) is 0 Å². The molecule has 0 radical (unpaired) electrons. The predicted molar refractivity (Wildman–Crippen MR) is 225 cm³/mol. The van der Waals surface area contributed by atoms with E-state index in [-0.39, 0.29) is 16.6 Å². The average molecular weight is 728 g/mol. The van der Waals surface area contributed by atoms with Gasteiger partial charge in [-0.15, -0.1) is 0 Å². The van der Waals surface area contributed by atoms with Crippen molar-refractivity contribution in [3.05, 3.63) is 157 Å². The van der Waals surface area contributed by atoms with Crippen LogP contribution in [0.4, 0.5) is 0 Å². The van der Waals surface area contributed by atoms with Gasteiger partial charge in [0.1, 0.15) is 39.6 Å². The van der Waals surface area contributed by atoms with Crippen LogP contribution in [0.25, 0.3) is 94.7 Å². The van der Waals surface area contributed by atoms with Crippen molar-refractivity contribution in [1.29, 1.82) is 0 Å². The monoisotopic (exact) mass is 727 g/mol. The van der Waals surface area contributed by atoms with Gasteiger partial charge in [0.15, 0.2) is 0 Å². The van der Waals surface area contributed by atoms with E-state index in [1.807, 2.05) is 36.4 Å². The molecule has 0 saturated carbocycles. The van der Waals surface area contributed by atoms with Gasteiger partial charge in [0, 0.05) is 50.4 Å². The van der Waals surface area contributed by atoms with E-state index < -0.39 is 0 Å². The third-order valence-corrected chi connectivity index (χ3v) is 12.5. The van der Waals surface area contributed by atoms with E-state index in [0.29, 0.717) is 0 Å². The Bertz CT molecular complexity index is 3220. The van der Waals surface area contributed by atoms with Crippen molar-refractivity contribution in [2.75, 3.05) is 0 Å². The van der Waals surface area contributed by atoms with Crippen molar-refractivity contribution < 1.29 is 13.9 Å². The number of aromatic hydroxyl groups is 1. The number of aromatic nitrogens is 3. The number of imidazole rings is 1. The highest BCUT2D eigenvalue weighted by atomic mass is 16.3. The van der Waals surface area contributed by atoms with Crippen LogP contribution in [0.2, 0.25) is 0 Å². The standard InChI is InChI=1S/C50H37N3O3/c1-49(2)37-14-10-15-41(54)46(37)47-38(50(49,3)4)21-22-39(51-47)40-28-53(32-19-20-34-33-13-8-9-16-42(33)56-45(34)27-32)48(52-40)31-18-24-44-36(26-31)35-25-30(17-23-43(35)55-44)29-11-6-5-7-12-29/h5-28,54H,1-4H3. The van der Waals surface area contributed by atoms with Gasteiger partial charge in [-0.1, -0.05) is 100 Å². The second kappa shape index (κ2) is 11.5. The molecule has 0 saturated heterocycles. The van der Waals surface area contributed by atoms with Crippen LogP contribution in [0.15, 0.2) is 155 Å². The smallest absolute Gasteiger partial charge is 0.145 e. The lowest BCUT2D eigenvalue weighted by atomic mass is 9.56. The fourth-order valence-electron chi connectivity index (χ4n) is 8.78. The Balaban J connectivity index is 1.12. The number of hydrogen-bond acceptors (Lipinski definition) is 5. The quantitative estimate of drug-likeness (QED) is 0.195. The summed E-state index contributed by atoms with van der Waals surface area (Å²) in [6.07, 6.45) is 2.06. The maximum absolute atomic E-state index is 11.3. The Morgan fingerprint density at radius 2 is 1.18 bits per heavy atom. The first-order valence-corrected chi connectivity index (χ1v) is 19.0. The Kier molecular flexibility index (Phi) is 6.70. The summed E-state index contributed by atoms with van der Waals surface area (Å²) in [7, 11) is 0. The van der Waals surface area contributed by atoms with E-state index in [1.54, 1.807) is 6.07 Å². The Morgan fingerprint density at radius 3 is 2.00 bits per heavy atom. The van der Waals surface area contributed by atoms with Gasteiger partial charge in [0.2, 0.25) is 0 Å². The maximum atomic E-state index is 11.3. The predicted octanol–water partition coefficient (Wildman–Crippen LogP) is 13.0. The Hall–Kier alpha value is -6.92. The lowest BCUT2D eigenvalue weighted by Crippen LogP contribution is -2.43. The summed E-state index contributed by atoms with van der Waals surface area (Å²) in [5.41, 5.74) is 12.2. The molecule has 0 amide bonds. The van der Waals surface area contributed by atoms with Crippen molar-refractivity contribution in [2.24, 2.45) is 0 Å². The van der Waals surface area contributed by atoms with Gasteiger partial charge in [0.25, 0.3) is 0 Å². The molecule has 10 aromatic rings. The summed E-state index contributed by atoms with van der Waals surface area (Å²) >= 11 is 0. The number of nitrogens with zero attached hydrogens (tertiary/aromatic N) is 3. The minimum Gasteiger partial charge on any atom is -0.507 e. The van der Waals surface area contributed by atoms with Gasteiger partial charge in [-0.3, -0.25) is 4.57 Å². The van der Waals surface area contributed by atoms with Gasteiger partial charge in [-0.2, -0.15) is 0 Å². The van der Waals surface area contributed by atoms with E-state index in [4.69, 9.17) is 18.8 Å². The van der Waals surface area contributed by atoms with Gasteiger partial charge < -0.3 is 13.9 Å². The third-order valence-electron chi connectivity index (χ3n) is 12.5.